The molecule has 2 N–H and O–H groups in total. The number of rotatable bonds is 7. The highest BCUT2D eigenvalue weighted by Gasteiger charge is 2.12. The van der Waals surface area contributed by atoms with Gasteiger partial charge in [-0.1, -0.05) is 5.16 Å². The van der Waals surface area contributed by atoms with Crippen molar-refractivity contribution in [3.8, 4) is 17.1 Å². The lowest BCUT2D eigenvalue weighted by molar-refractivity contribution is -0.121. The van der Waals surface area contributed by atoms with Crippen LogP contribution in [0.5, 0.6) is 5.75 Å². The zero-order chi connectivity index (χ0) is 20.6. The van der Waals surface area contributed by atoms with Crippen molar-refractivity contribution in [1.82, 2.24) is 21.0 Å². The largest absolute Gasteiger partial charge is 0.494 e. The quantitative estimate of drug-likeness (QED) is 0.593. The van der Waals surface area contributed by atoms with Crippen molar-refractivity contribution in [2.75, 3.05) is 6.61 Å². The second-order valence-corrected chi connectivity index (χ2v) is 5.98. The summed E-state index contributed by atoms with van der Waals surface area (Å²) >= 11 is 0. The van der Waals surface area contributed by atoms with Crippen LogP contribution in [0.4, 0.5) is 4.39 Å². The Morgan fingerprint density at radius 2 is 1.79 bits per heavy atom. The molecule has 1 heterocycles. The number of hydrogen-bond acceptors (Lipinski definition) is 6. The third kappa shape index (κ3) is 5.61. The molecule has 1 aromatic heterocycles. The van der Waals surface area contributed by atoms with E-state index in [1.807, 2.05) is 31.2 Å². The minimum atomic E-state index is -0.547. The number of ether oxygens (including phenoxy) is 1. The van der Waals surface area contributed by atoms with Gasteiger partial charge in [0.15, 0.2) is 0 Å². The lowest BCUT2D eigenvalue weighted by atomic mass is 10.2. The van der Waals surface area contributed by atoms with Gasteiger partial charge in [-0.3, -0.25) is 20.4 Å². The van der Waals surface area contributed by atoms with Gasteiger partial charge < -0.3 is 9.26 Å². The molecule has 0 aliphatic rings. The van der Waals surface area contributed by atoms with Gasteiger partial charge in [0.05, 0.1) is 6.61 Å². The van der Waals surface area contributed by atoms with Crippen LogP contribution in [0.15, 0.2) is 53.1 Å². The van der Waals surface area contributed by atoms with Gasteiger partial charge in [-0.2, -0.15) is 4.98 Å². The van der Waals surface area contributed by atoms with Gasteiger partial charge in [-0.25, -0.2) is 4.39 Å². The summed E-state index contributed by atoms with van der Waals surface area (Å²) in [5.41, 5.74) is 5.54. The van der Waals surface area contributed by atoms with E-state index >= 15 is 0 Å². The minimum absolute atomic E-state index is 0.0363. The first-order valence-electron chi connectivity index (χ1n) is 8.95. The number of benzene rings is 2. The first-order valence-corrected chi connectivity index (χ1v) is 8.95. The first-order chi connectivity index (χ1) is 14.0. The highest BCUT2D eigenvalue weighted by atomic mass is 19.1. The van der Waals surface area contributed by atoms with Crippen LogP contribution in [0.2, 0.25) is 0 Å². The second kappa shape index (κ2) is 9.45. The number of amides is 2. The lowest BCUT2D eigenvalue weighted by Gasteiger charge is -2.06. The molecule has 150 valence electrons. The minimum Gasteiger partial charge on any atom is -0.494 e. The highest BCUT2D eigenvalue weighted by Crippen LogP contribution is 2.20. The van der Waals surface area contributed by atoms with E-state index in [-0.39, 0.29) is 18.4 Å². The van der Waals surface area contributed by atoms with Crippen LogP contribution >= 0.6 is 0 Å². The molecule has 0 radical (unpaired) electrons. The van der Waals surface area contributed by atoms with E-state index in [1.165, 1.54) is 12.1 Å². The van der Waals surface area contributed by atoms with Crippen LogP contribution in [0.3, 0.4) is 0 Å². The Morgan fingerprint density at radius 3 is 2.48 bits per heavy atom. The monoisotopic (exact) mass is 398 g/mol. The zero-order valence-electron chi connectivity index (χ0n) is 15.6. The Morgan fingerprint density at radius 1 is 1.07 bits per heavy atom. The normalized spacial score (nSPS) is 10.4. The molecule has 0 unspecified atom stereocenters. The Balaban J connectivity index is 1.47. The SMILES string of the molecule is CCOc1ccc(-c2noc(CCC(=O)NNC(=O)c3ccc(F)cc3)n2)cc1. The molecule has 2 aromatic carbocycles. The number of nitrogens with zero attached hydrogens (tertiary/aromatic N) is 2. The van der Waals surface area contributed by atoms with Gasteiger partial charge in [0.1, 0.15) is 11.6 Å². The summed E-state index contributed by atoms with van der Waals surface area (Å²) in [5, 5.41) is 3.90. The predicted octanol–water partition coefficient (Wildman–Crippen LogP) is 2.67. The third-order valence-electron chi connectivity index (χ3n) is 3.88. The summed E-state index contributed by atoms with van der Waals surface area (Å²) in [7, 11) is 0. The van der Waals surface area contributed by atoms with E-state index in [4.69, 9.17) is 9.26 Å². The van der Waals surface area contributed by atoms with Crippen molar-refractivity contribution in [3.63, 3.8) is 0 Å². The van der Waals surface area contributed by atoms with E-state index in [0.717, 1.165) is 23.4 Å². The van der Waals surface area contributed by atoms with Crippen molar-refractivity contribution in [1.29, 1.82) is 0 Å². The molecule has 0 fully saturated rings. The van der Waals surface area contributed by atoms with E-state index in [9.17, 15) is 14.0 Å². The molecule has 0 spiro atoms. The van der Waals surface area contributed by atoms with Gasteiger partial charge in [0.25, 0.3) is 5.91 Å². The fourth-order valence-corrected chi connectivity index (χ4v) is 2.42. The van der Waals surface area contributed by atoms with E-state index < -0.39 is 17.6 Å². The van der Waals surface area contributed by atoms with Gasteiger partial charge in [-0.05, 0) is 55.5 Å². The summed E-state index contributed by atoms with van der Waals surface area (Å²) in [4.78, 5) is 28.0. The van der Waals surface area contributed by atoms with Crippen molar-refractivity contribution in [2.24, 2.45) is 0 Å². The van der Waals surface area contributed by atoms with Gasteiger partial charge >= 0.3 is 0 Å². The number of halogens is 1. The van der Waals surface area contributed by atoms with Crippen molar-refractivity contribution in [3.05, 3.63) is 65.8 Å². The molecule has 0 atom stereocenters. The standard InChI is InChI=1S/C20H19FN4O4/c1-2-28-16-9-5-13(6-10-16)19-22-18(29-25-19)12-11-17(26)23-24-20(27)14-3-7-15(21)8-4-14/h3-10H,2,11-12H2,1H3,(H,23,26)(H,24,27). The lowest BCUT2D eigenvalue weighted by Crippen LogP contribution is -2.41. The number of aromatic nitrogens is 2. The molecule has 0 saturated carbocycles. The molecule has 0 aliphatic heterocycles. The Labute approximate surface area is 166 Å². The molecule has 29 heavy (non-hydrogen) atoms. The molecule has 2 amide bonds. The van der Waals surface area contributed by atoms with Crippen LogP contribution in [0, 0.1) is 5.82 Å². The number of hydrogen-bond donors (Lipinski definition) is 2. The highest BCUT2D eigenvalue weighted by molar-refractivity contribution is 5.95. The maximum Gasteiger partial charge on any atom is 0.269 e. The fourth-order valence-electron chi connectivity index (χ4n) is 2.42. The molecule has 0 saturated heterocycles. The van der Waals surface area contributed by atoms with Crippen LogP contribution in [-0.4, -0.2) is 28.6 Å². The van der Waals surface area contributed by atoms with Crippen molar-refractivity contribution in [2.45, 2.75) is 19.8 Å². The Hall–Kier alpha value is -3.75. The molecule has 0 bridgehead atoms. The first kappa shape index (κ1) is 20.0. The summed E-state index contributed by atoms with van der Waals surface area (Å²) < 4.78 is 23.4. The van der Waals surface area contributed by atoms with Crippen LogP contribution < -0.4 is 15.6 Å². The molecule has 8 nitrogen and oxygen atoms in total. The van der Waals surface area contributed by atoms with Crippen LogP contribution in [0.1, 0.15) is 29.6 Å². The van der Waals surface area contributed by atoms with E-state index in [2.05, 4.69) is 21.0 Å². The van der Waals surface area contributed by atoms with E-state index in [0.29, 0.717) is 18.3 Å². The molecule has 3 aromatic rings. The van der Waals surface area contributed by atoms with Crippen LogP contribution in [0.25, 0.3) is 11.4 Å². The van der Waals surface area contributed by atoms with Gasteiger partial charge in [0, 0.05) is 24.0 Å². The molecule has 3 rings (SSSR count). The van der Waals surface area contributed by atoms with Crippen molar-refractivity contribution < 1.29 is 23.2 Å². The molecule has 0 aliphatic carbocycles. The summed E-state index contributed by atoms with van der Waals surface area (Å²) in [6.07, 6.45) is 0.247. The average Bonchev–Trinajstić information content (AvgIpc) is 3.21. The van der Waals surface area contributed by atoms with Gasteiger partial charge in [-0.15, -0.1) is 0 Å². The third-order valence-corrected chi connectivity index (χ3v) is 3.88. The topological polar surface area (TPSA) is 106 Å². The van der Waals surface area contributed by atoms with E-state index in [1.54, 1.807) is 0 Å². The zero-order valence-corrected chi connectivity index (χ0v) is 15.6. The predicted molar refractivity (Wildman–Crippen MR) is 101 cm³/mol. The summed E-state index contributed by atoms with van der Waals surface area (Å²) in [6.45, 7) is 2.49. The maximum atomic E-state index is 12.9. The number of nitrogens with one attached hydrogen (secondary N) is 2. The smallest absolute Gasteiger partial charge is 0.269 e. The fraction of sp³-hybridized carbons (Fsp3) is 0.200. The number of aryl methyl sites for hydroxylation is 1. The molecular formula is C20H19FN4O4. The van der Waals surface area contributed by atoms with Crippen molar-refractivity contribution >= 4 is 11.8 Å². The average molecular weight is 398 g/mol. The summed E-state index contributed by atoms with van der Waals surface area (Å²) in [6, 6.07) is 12.2. The van der Waals surface area contributed by atoms with Gasteiger partial charge in [0.2, 0.25) is 17.6 Å². The maximum absolute atomic E-state index is 12.9. The Bertz CT molecular complexity index is 971. The Kier molecular flexibility index (Phi) is 6.51. The molecular weight excluding hydrogens is 379 g/mol. The summed E-state index contributed by atoms with van der Waals surface area (Å²) in [5.74, 6) is 0.0336. The molecule has 9 heteroatoms. The number of carbonyl (C=O) groups excluding carboxylic acids is 2. The number of hydrazine groups is 1. The number of carbonyl (C=O) groups is 2. The van der Waals surface area contributed by atoms with Crippen LogP contribution in [-0.2, 0) is 11.2 Å². The second-order valence-electron chi connectivity index (χ2n) is 5.98.